The van der Waals surface area contributed by atoms with Gasteiger partial charge >= 0.3 is 0 Å². The van der Waals surface area contributed by atoms with Crippen molar-refractivity contribution in [2.75, 3.05) is 13.1 Å². The van der Waals surface area contributed by atoms with Gasteiger partial charge in [-0.3, -0.25) is 9.59 Å². The van der Waals surface area contributed by atoms with Gasteiger partial charge in [-0.15, -0.1) is 0 Å². The molecule has 138 valence electrons. The van der Waals surface area contributed by atoms with Crippen LogP contribution in [0.25, 0.3) is 0 Å². The zero-order valence-electron chi connectivity index (χ0n) is 14.9. The molecule has 0 radical (unpaired) electrons. The third-order valence-electron chi connectivity index (χ3n) is 3.70. The van der Waals surface area contributed by atoms with E-state index in [0.29, 0.717) is 24.4 Å². The minimum Gasteiger partial charge on any atom is -0.479 e. The molecule has 0 aliphatic rings. The molecule has 0 aromatic heterocycles. The molecule has 2 N–H and O–H groups in total. The second-order valence-corrected chi connectivity index (χ2v) is 6.98. The van der Waals surface area contributed by atoms with E-state index in [1.165, 1.54) is 0 Å². The number of rotatable bonds is 8. The summed E-state index contributed by atoms with van der Waals surface area (Å²) in [5.74, 6) is 0.259. The van der Waals surface area contributed by atoms with E-state index in [1.54, 1.807) is 12.1 Å². The van der Waals surface area contributed by atoms with Crippen molar-refractivity contribution in [3.63, 3.8) is 0 Å². The van der Waals surface area contributed by atoms with Gasteiger partial charge in [0.15, 0.2) is 6.10 Å². The van der Waals surface area contributed by atoms with Crippen LogP contribution < -0.4 is 15.4 Å². The van der Waals surface area contributed by atoms with Crippen molar-refractivity contribution in [2.45, 2.75) is 20.0 Å². The number of ether oxygens (including phenoxy) is 1. The van der Waals surface area contributed by atoms with Gasteiger partial charge < -0.3 is 15.4 Å². The summed E-state index contributed by atoms with van der Waals surface area (Å²) in [6.45, 7) is 4.54. The van der Waals surface area contributed by atoms with Crippen molar-refractivity contribution in [3.05, 3.63) is 64.6 Å². The lowest BCUT2D eigenvalue weighted by atomic mass is 10.1. The first kappa shape index (κ1) is 20.0. The summed E-state index contributed by atoms with van der Waals surface area (Å²) in [5, 5.41) is 5.60. The largest absolute Gasteiger partial charge is 0.479 e. The topological polar surface area (TPSA) is 67.4 Å². The van der Waals surface area contributed by atoms with Gasteiger partial charge in [-0.2, -0.15) is 0 Å². The highest BCUT2D eigenvalue weighted by Gasteiger charge is 2.24. The molecule has 0 aliphatic heterocycles. The van der Waals surface area contributed by atoms with Crippen molar-refractivity contribution in [1.82, 2.24) is 10.6 Å². The second-order valence-electron chi connectivity index (χ2n) is 6.13. The molecule has 0 spiro atoms. The van der Waals surface area contributed by atoms with Gasteiger partial charge in [-0.05, 0) is 46.1 Å². The van der Waals surface area contributed by atoms with Crippen LogP contribution in [0.5, 0.6) is 5.75 Å². The zero-order chi connectivity index (χ0) is 18.9. The minimum absolute atomic E-state index is 0.000941. The number of amides is 2. The molecule has 0 aliphatic carbocycles. The van der Waals surface area contributed by atoms with Gasteiger partial charge in [0.25, 0.3) is 11.8 Å². The average molecular weight is 419 g/mol. The Bertz CT molecular complexity index is 735. The van der Waals surface area contributed by atoms with E-state index in [0.717, 1.165) is 4.47 Å². The molecule has 0 saturated carbocycles. The molecule has 26 heavy (non-hydrogen) atoms. The lowest BCUT2D eigenvalue weighted by Gasteiger charge is -2.22. The van der Waals surface area contributed by atoms with Gasteiger partial charge in [0.2, 0.25) is 0 Å². The summed E-state index contributed by atoms with van der Waals surface area (Å²) < 4.78 is 6.67. The predicted octanol–water partition coefficient (Wildman–Crippen LogP) is 3.40. The molecular formula is C20H23BrN2O3. The van der Waals surface area contributed by atoms with Crippen molar-refractivity contribution < 1.29 is 14.3 Å². The number of carbonyl (C=O) groups excluding carboxylic acids is 2. The van der Waals surface area contributed by atoms with Crippen molar-refractivity contribution >= 4 is 27.7 Å². The van der Waals surface area contributed by atoms with Crippen molar-refractivity contribution in [2.24, 2.45) is 5.92 Å². The van der Waals surface area contributed by atoms with Gasteiger partial charge in [-0.25, -0.2) is 0 Å². The Kier molecular flexibility index (Phi) is 7.66. The fourth-order valence-corrected chi connectivity index (χ4v) is 2.70. The quantitative estimate of drug-likeness (QED) is 0.645. The number of halogens is 1. The lowest BCUT2D eigenvalue weighted by molar-refractivity contribution is -0.129. The summed E-state index contributed by atoms with van der Waals surface area (Å²) >= 11 is 3.42. The maximum absolute atomic E-state index is 12.5. The Balaban J connectivity index is 1.82. The number of benzene rings is 2. The third kappa shape index (κ3) is 5.88. The smallest absolute Gasteiger partial charge is 0.261 e. The molecular weight excluding hydrogens is 396 g/mol. The van der Waals surface area contributed by atoms with Crippen LogP contribution in [0.4, 0.5) is 0 Å². The number of nitrogens with one attached hydrogen (secondary N) is 2. The Labute approximate surface area is 162 Å². The molecule has 0 fully saturated rings. The van der Waals surface area contributed by atoms with E-state index in [1.807, 2.05) is 56.3 Å². The summed E-state index contributed by atoms with van der Waals surface area (Å²) in [6, 6.07) is 16.4. The first-order valence-electron chi connectivity index (χ1n) is 8.51. The fraction of sp³-hybridized carbons (Fsp3) is 0.300. The van der Waals surface area contributed by atoms with Crippen LogP contribution in [-0.2, 0) is 4.79 Å². The van der Waals surface area contributed by atoms with E-state index >= 15 is 0 Å². The van der Waals surface area contributed by atoms with Crippen LogP contribution in [0.2, 0.25) is 0 Å². The number of hydrogen-bond donors (Lipinski definition) is 2. The van der Waals surface area contributed by atoms with Gasteiger partial charge in [0.1, 0.15) is 5.75 Å². The number of para-hydroxylation sites is 1. The summed E-state index contributed by atoms with van der Waals surface area (Å²) in [5.41, 5.74) is 0.594. The Morgan fingerprint density at radius 1 is 0.962 bits per heavy atom. The van der Waals surface area contributed by atoms with Crippen LogP contribution in [0, 0.1) is 5.92 Å². The lowest BCUT2D eigenvalue weighted by Crippen LogP contribution is -2.44. The van der Waals surface area contributed by atoms with Crippen LogP contribution >= 0.6 is 15.9 Å². The van der Waals surface area contributed by atoms with Crippen molar-refractivity contribution in [1.29, 1.82) is 0 Å². The first-order chi connectivity index (χ1) is 12.5. The van der Waals surface area contributed by atoms with E-state index in [2.05, 4.69) is 26.6 Å². The molecule has 0 heterocycles. The standard InChI is InChI=1S/C20H23BrN2O3/c1-14(2)18(26-17-11-7-6-10-16(17)21)20(25)23-13-12-22-19(24)15-8-4-3-5-9-15/h3-11,14,18H,12-13H2,1-2H3,(H,22,24)(H,23,25)/t18-/m0/s1. The molecule has 2 amide bonds. The molecule has 0 unspecified atom stereocenters. The Hall–Kier alpha value is -2.34. The zero-order valence-corrected chi connectivity index (χ0v) is 16.5. The van der Waals surface area contributed by atoms with E-state index in [-0.39, 0.29) is 17.7 Å². The van der Waals surface area contributed by atoms with Crippen LogP contribution in [-0.4, -0.2) is 31.0 Å². The minimum atomic E-state index is -0.612. The highest BCUT2D eigenvalue weighted by Crippen LogP contribution is 2.26. The normalized spacial score (nSPS) is 11.7. The molecule has 1 atom stereocenters. The van der Waals surface area contributed by atoms with E-state index in [9.17, 15) is 9.59 Å². The molecule has 0 saturated heterocycles. The first-order valence-corrected chi connectivity index (χ1v) is 9.30. The van der Waals surface area contributed by atoms with Crippen LogP contribution in [0.3, 0.4) is 0 Å². The molecule has 5 nitrogen and oxygen atoms in total. The number of hydrogen-bond acceptors (Lipinski definition) is 3. The molecule has 6 heteroatoms. The molecule has 2 aromatic rings. The molecule has 2 rings (SSSR count). The summed E-state index contributed by atoms with van der Waals surface area (Å²) in [4.78, 5) is 24.4. The SMILES string of the molecule is CC(C)[C@H](Oc1ccccc1Br)C(=O)NCCNC(=O)c1ccccc1. The molecule has 0 bridgehead atoms. The highest BCUT2D eigenvalue weighted by atomic mass is 79.9. The van der Waals surface area contributed by atoms with Crippen molar-refractivity contribution in [3.8, 4) is 5.75 Å². The maximum atomic E-state index is 12.5. The summed E-state index contributed by atoms with van der Waals surface area (Å²) in [7, 11) is 0. The highest BCUT2D eigenvalue weighted by molar-refractivity contribution is 9.10. The summed E-state index contributed by atoms with van der Waals surface area (Å²) in [6.07, 6.45) is -0.612. The molecule has 2 aromatic carbocycles. The van der Waals surface area contributed by atoms with Crippen LogP contribution in [0.1, 0.15) is 24.2 Å². The number of carbonyl (C=O) groups is 2. The van der Waals surface area contributed by atoms with Gasteiger partial charge in [-0.1, -0.05) is 44.2 Å². The second kappa shape index (κ2) is 9.97. The fourth-order valence-electron chi connectivity index (χ4n) is 2.32. The van der Waals surface area contributed by atoms with E-state index in [4.69, 9.17) is 4.74 Å². The van der Waals surface area contributed by atoms with E-state index < -0.39 is 6.10 Å². The Morgan fingerprint density at radius 3 is 2.23 bits per heavy atom. The van der Waals surface area contributed by atoms with Gasteiger partial charge in [0.05, 0.1) is 4.47 Å². The van der Waals surface area contributed by atoms with Gasteiger partial charge in [0, 0.05) is 18.7 Å². The maximum Gasteiger partial charge on any atom is 0.261 e. The Morgan fingerprint density at radius 2 is 1.58 bits per heavy atom. The monoisotopic (exact) mass is 418 g/mol. The average Bonchev–Trinajstić information content (AvgIpc) is 2.64. The van der Waals surface area contributed by atoms with Crippen LogP contribution in [0.15, 0.2) is 59.1 Å². The third-order valence-corrected chi connectivity index (χ3v) is 4.36. The predicted molar refractivity (Wildman–Crippen MR) is 105 cm³/mol.